The van der Waals surface area contributed by atoms with Gasteiger partial charge < -0.3 is 5.21 Å². The first kappa shape index (κ1) is 8.57. The van der Waals surface area contributed by atoms with Crippen LogP contribution in [-0.4, -0.2) is 16.5 Å². The molecule has 0 radical (unpaired) electrons. The molecule has 1 atom stereocenters. The van der Waals surface area contributed by atoms with E-state index in [1.807, 2.05) is 6.92 Å². The van der Waals surface area contributed by atoms with Crippen molar-refractivity contribution in [3.63, 3.8) is 0 Å². The molecule has 0 amide bonds. The molecule has 0 N–H and O–H groups in total. The minimum atomic E-state index is -0.188. The van der Waals surface area contributed by atoms with E-state index in [1.165, 1.54) is 0 Å². The van der Waals surface area contributed by atoms with Gasteiger partial charge in [-0.2, -0.15) is 0 Å². The van der Waals surface area contributed by atoms with Gasteiger partial charge in [-0.3, -0.25) is 0 Å². The number of hydrogen-bond acceptors (Lipinski definition) is 1. The number of nitrogens with zero attached hydrogens (tertiary/aromatic N) is 1. The average Bonchev–Trinajstić information content (AvgIpc) is 2.12. The van der Waals surface area contributed by atoms with Gasteiger partial charge in [0.25, 0.3) is 0 Å². The monoisotopic (exact) mass is 155 g/mol. The minimum Gasteiger partial charge on any atom is -0.624 e. The summed E-state index contributed by atoms with van der Waals surface area (Å²) >= 11 is 0. The summed E-state index contributed by atoms with van der Waals surface area (Å²) < 4.78 is 1.13. The van der Waals surface area contributed by atoms with Crippen LogP contribution >= 0.6 is 0 Å². The van der Waals surface area contributed by atoms with E-state index in [1.54, 1.807) is 6.21 Å². The molecule has 0 saturated carbocycles. The molecule has 0 spiro atoms. The summed E-state index contributed by atoms with van der Waals surface area (Å²) in [6.45, 7) is 8.41. The predicted octanol–water partition coefficient (Wildman–Crippen LogP) is 2.17. The van der Waals surface area contributed by atoms with Crippen LogP contribution in [0, 0.1) is 10.6 Å². The van der Waals surface area contributed by atoms with E-state index in [2.05, 4.69) is 20.8 Å². The van der Waals surface area contributed by atoms with Crippen LogP contribution in [0.25, 0.3) is 0 Å². The second-order valence-corrected chi connectivity index (χ2v) is 4.57. The van der Waals surface area contributed by atoms with Crippen LogP contribution in [0.2, 0.25) is 0 Å². The Bertz CT molecular complexity index is 190. The Kier molecular flexibility index (Phi) is 1.73. The van der Waals surface area contributed by atoms with Crippen LogP contribution in [0.3, 0.4) is 0 Å². The molecule has 1 aliphatic rings. The molecule has 1 rings (SSSR count). The summed E-state index contributed by atoms with van der Waals surface area (Å²) in [5.41, 5.74) is -0.116. The van der Waals surface area contributed by atoms with Gasteiger partial charge in [0.15, 0.2) is 11.8 Å². The van der Waals surface area contributed by atoms with E-state index in [4.69, 9.17) is 0 Å². The number of rotatable bonds is 0. The lowest BCUT2D eigenvalue weighted by atomic mass is 9.74. The molecule has 0 fully saturated rings. The zero-order valence-corrected chi connectivity index (χ0v) is 7.85. The van der Waals surface area contributed by atoms with Gasteiger partial charge in [-0.1, -0.05) is 20.8 Å². The van der Waals surface area contributed by atoms with Gasteiger partial charge in [-0.15, -0.1) is 0 Å². The van der Waals surface area contributed by atoms with Crippen LogP contribution in [0.4, 0.5) is 0 Å². The molecule has 0 bridgehead atoms. The molecule has 1 unspecified atom stereocenters. The smallest absolute Gasteiger partial charge is 0.175 e. The average molecular weight is 155 g/mol. The van der Waals surface area contributed by atoms with Crippen LogP contribution in [0.15, 0.2) is 0 Å². The van der Waals surface area contributed by atoms with Crippen LogP contribution in [0.5, 0.6) is 0 Å². The van der Waals surface area contributed by atoms with Gasteiger partial charge in [0.05, 0.1) is 0 Å². The maximum absolute atomic E-state index is 11.4. The molecule has 0 saturated heterocycles. The standard InChI is InChI=1S/C9H17NO/c1-8(2,3)9(4)6-5-7-10(9)11/h7H,5-6H2,1-4H3. The lowest BCUT2D eigenvalue weighted by Crippen LogP contribution is -2.45. The normalized spacial score (nSPS) is 32.2. The molecule has 11 heavy (non-hydrogen) atoms. The zero-order chi connectivity index (χ0) is 8.70. The van der Waals surface area contributed by atoms with E-state index in [9.17, 15) is 5.21 Å². The van der Waals surface area contributed by atoms with Crippen molar-refractivity contribution in [3.05, 3.63) is 5.21 Å². The largest absolute Gasteiger partial charge is 0.624 e. The van der Waals surface area contributed by atoms with Crippen LogP contribution in [-0.2, 0) is 0 Å². The topological polar surface area (TPSA) is 26.1 Å². The summed E-state index contributed by atoms with van der Waals surface area (Å²) in [6, 6.07) is 0. The SMILES string of the molecule is CC(C)(C)C1(C)CCC=[N+]1[O-]. The summed E-state index contributed by atoms with van der Waals surface area (Å²) in [6.07, 6.45) is 3.67. The predicted molar refractivity (Wildman–Crippen MR) is 46.8 cm³/mol. The van der Waals surface area contributed by atoms with Gasteiger partial charge in [0.2, 0.25) is 0 Å². The molecule has 0 aromatic rings. The van der Waals surface area contributed by atoms with Crippen molar-refractivity contribution in [1.82, 2.24) is 0 Å². The molecule has 0 aliphatic carbocycles. The molecular weight excluding hydrogens is 138 g/mol. The first-order valence-electron chi connectivity index (χ1n) is 4.18. The van der Waals surface area contributed by atoms with Crippen LogP contribution < -0.4 is 0 Å². The fraction of sp³-hybridized carbons (Fsp3) is 0.889. The van der Waals surface area contributed by atoms with Crippen molar-refractivity contribution in [3.8, 4) is 0 Å². The van der Waals surface area contributed by atoms with E-state index < -0.39 is 0 Å². The Morgan fingerprint density at radius 1 is 1.45 bits per heavy atom. The molecular formula is C9H17NO. The number of hydroxylamine groups is 1. The van der Waals surface area contributed by atoms with Crippen molar-refractivity contribution >= 4 is 6.21 Å². The second-order valence-electron chi connectivity index (χ2n) is 4.57. The third-order valence-corrected chi connectivity index (χ3v) is 3.03. The highest BCUT2D eigenvalue weighted by molar-refractivity contribution is 5.53. The quantitative estimate of drug-likeness (QED) is 0.389. The highest BCUT2D eigenvalue weighted by Crippen LogP contribution is 2.38. The summed E-state index contributed by atoms with van der Waals surface area (Å²) in [7, 11) is 0. The van der Waals surface area contributed by atoms with E-state index in [0.717, 1.165) is 17.6 Å². The Balaban J connectivity index is 2.92. The molecule has 0 aromatic carbocycles. The third kappa shape index (κ3) is 1.15. The lowest BCUT2D eigenvalue weighted by Gasteiger charge is -2.35. The first-order chi connectivity index (χ1) is 4.88. The summed E-state index contributed by atoms with van der Waals surface area (Å²) in [5, 5.41) is 11.4. The molecule has 1 heterocycles. The first-order valence-corrected chi connectivity index (χ1v) is 4.18. The van der Waals surface area contributed by atoms with E-state index >= 15 is 0 Å². The third-order valence-electron chi connectivity index (χ3n) is 3.03. The van der Waals surface area contributed by atoms with Gasteiger partial charge in [0, 0.05) is 25.2 Å². The van der Waals surface area contributed by atoms with E-state index in [0.29, 0.717) is 0 Å². The van der Waals surface area contributed by atoms with Gasteiger partial charge in [0.1, 0.15) is 0 Å². The van der Waals surface area contributed by atoms with E-state index in [-0.39, 0.29) is 11.0 Å². The van der Waals surface area contributed by atoms with Gasteiger partial charge >= 0.3 is 0 Å². The maximum Gasteiger partial charge on any atom is 0.175 e. The Labute approximate surface area is 68.5 Å². The molecule has 2 heteroatoms. The Morgan fingerprint density at radius 2 is 2.00 bits per heavy atom. The van der Waals surface area contributed by atoms with Crippen molar-refractivity contribution in [1.29, 1.82) is 0 Å². The molecule has 2 nitrogen and oxygen atoms in total. The van der Waals surface area contributed by atoms with Crippen LogP contribution in [0.1, 0.15) is 40.5 Å². The fourth-order valence-corrected chi connectivity index (χ4v) is 1.48. The summed E-state index contributed by atoms with van der Waals surface area (Å²) in [4.78, 5) is 0. The van der Waals surface area contributed by atoms with Gasteiger partial charge in [-0.05, 0) is 0 Å². The van der Waals surface area contributed by atoms with Gasteiger partial charge in [-0.25, -0.2) is 4.74 Å². The highest BCUT2D eigenvalue weighted by Gasteiger charge is 2.47. The van der Waals surface area contributed by atoms with Crippen molar-refractivity contribution in [2.45, 2.75) is 46.1 Å². The van der Waals surface area contributed by atoms with Crippen molar-refractivity contribution in [2.24, 2.45) is 5.41 Å². The minimum absolute atomic E-state index is 0.0712. The summed E-state index contributed by atoms with van der Waals surface area (Å²) in [5.74, 6) is 0. The molecule has 64 valence electrons. The fourth-order valence-electron chi connectivity index (χ4n) is 1.48. The Morgan fingerprint density at radius 3 is 2.18 bits per heavy atom. The maximum atomic E-state index is 11.4. The highest BCUT2D eigenvalue weighted by atomic mass is 16.5. The van der Waals surface area contributed by atoms with Crippen molar-refractivity contribution in [2.75, 3.05) is 0 Å². The molecule has 0 aromatic heterocycles. The lowest BCUT2D eigenvalue weighted by molar-refractivity contribution is -0.553. The van der Waals surface area contributed by atoms with Crippen molar-refractivity contribution < 1.29 is 4.74 Å². The zero-order valence-electron chi connectivity index (χ0n) is 7.85. The Hall–Kier alpha value is -0.530. The molecule has 1 aliphatic heterocycles. The number of hydrogen-bond donors (Lipinski definition) is 0. The second kappa shape index (κ2) is 2.23.